The standard InChI is InChI=1S/C20H41NO2/c1-7-9-10-11-12-13-14-15-16-23-18(8-2)17(3)21-19(22)20(4,5)6/h17-18H,7-16H2,1-6H3,(H,21,22). The molecule has 2 unspecified atom stereocenters. The normalized spacial score (nSPS) is 14.5. The summed E-state index contributed by atoms with van der Waals surface area (Å²) in [6.45, 7) is 13.1. The Morgan fingerprint density at radius 2 is 1.48 bits per heavy atom. The van der Waals surface area contributed by atoms with E-state index in [9.17, 15) is 4.79 Å². The predicted molar refractivity (Wildman–Crippen MR) is 99.7 cm³/mol. The molecule has 0 aromatic heterocycles. The van der Waals surface area contributed by atoms with Gasteiger partial charge in [-0.3, -0.25) is 4.79 Å². The molecule has 0 aliphatic carbocycles. The van der Waals surface area contributed by atoms with Crippen LogP contribution in [0.3, 0.4) is 0 Å². The largest absolute Gasteiger partial charge is 0.376 e. The van der Waals surface area contributed by atoms with Gasteiger partial charge in [-0.25, -0.2) is 0 Å². The monoisotopic (exact) mass is 327 g/mol. The van der Waals surface area contributed by atoms with E-state index in [1.54, 1.807) is 0 Å². The maximum atomic E-state index is 12.1. The molecule has 0 heterocycles. The Bertz CT molecular complexity index is 297. The van der Waals surface area contributed by atoms with Crippen LogP contribution in [0.15, 0.2) is 0 Å². The quantitative estimate of drug-likeness (QED) is 0.455. The highest BCUT2D eigenvalue weighted by molar-refractivity contribution is 5.81. The van der Waals surface area contributed by atoms with Gasteiger partial charge in [0.1, 0.15) is 0 Å². The number of unbranched alkanes of at least 4 members (excludes halogenated alkanes) is 7. The molecule has 138 valence electrons. The van der Waals surface area contributed by atoms with Crippen LogP contribution in [0.5, 0.6) is 0 Å². The topological polar surface area (TPSA) is 38.3 Å². The minimum Gasteiger partial charge on any atom is -0.376 e. The van der Waals surface area contributed by atoms with Gasteiger partial charge in [0.2, 0.25) is 5.91 Å². The highest BCUT2D eigenvalue weighted by Gasteiger charge is 2.25. The Balaban J connectivity index is 3.78. The number of hydrogen-bond donors (Lipinski definition) is 1. The molecule has 0 aromatic carbocycles. The van der Waals surface area contributed by atoms with Gasteiger partial charge >= 0.3 is 0 Å². The van der Waals surface area contributed by atoms with Gasteiger partial charge in [0.15, 0.2) is 0 Å². The van der Waals surface area contributed by atoms with Crippen LogP contribution < -0.4 is 5.32 Å². The van der Waals surface area contributed by atoms with Crippen LogP contribution in [0.4, 0.5) is 0 Å². The van der Waals surface area contributed by atoms with Gasteiger partial charge in [-0.2, -0.15) is 0 Å². The highest BCUT2D eigenvalue weighted by Crippen LogP contribution is 2.15. The fourth-order valence-electron chi connectivity index (χ4n) is 2.60. The first kappa shape index (κ1) is 22.4. The van der Waals surface area contributed by atoms with E-state index in [-0.39, 0.29) is 23.5 Å². The van der Waals surface area contributed by atoms with Gasteiger partial charge in [0, 0.05) is 12.0 Å². The van der Waals surface area contributed by atoms with Crippen molar-refractivity contribution in [2.24, 2.45) is 5.41 Å². The van der Waals surface area contributed by atoms with Crippen LogP contribution in [0.25, 0.3) is 0 Å². The molecule has 3 nitrogen and oxygen atoms in total. The summed E-state index contributed by atoms with van der Waals surface area (Å²) < 4.78 is 6.00. The molecule has 0 fully saturated rings. The molecule has 0 saturated carbocycles. The lowest BCUT2D eigenvalue weighted by molar-refractivity contribution is -0.130. The molecule has 0 aromatic rings. The average Bonchev–Trinajstić information content (AvgIpc) is 2.48. The molecule has 3 heteroatoms. The van der Waals surface area contributed by atoms with E-state index in [0.29, 0.717) is 0 Å². The zero-order chi connectivity index (χ0) is 17.7. The van der Waals surface area contributed by atoms with E-state index >= 15 is 0 Å². The second kappa shape index (κ2) is 12.8. The van der Waals surface area contributed by atoms with Crippen LogP contribution in [0.2, 0.25) is 0 Å². The fourth-order valence-corrected chi connectivity index (χ4v) is 2.60. The van der Waals surface area contributed by atoms with E-state index in [1.807, 2.05) is 27.7 Å². The zero-order valence-corrected chi connectivity index (χ0v) is 16.5. The fraction of sp³-hybridized carbons (Fsp3) is 0.950. The van der Waals surface area contributed by atoms with Gasteiger partial charge in [-0.15, -0.1) is 0 Å². The Kier molecular flexibility index (Phi) is 12.5. The summed E-state index contributed by atoms with van der Waals surface area (Å²) in [5, 5.41) is 3.09. The Labute approximate surface area is 144 Å². The van der Waals surface area contributed by atoms with Crippen LogP contribution in [-0.2, 0) is 9.53 Å². The summed E-state index contributed by atoms with van der Waals surface area (Å²) in [5.74, 6) is 0.0964. The second-order valence-electron chi connectivity index (χ2n) is 7.80. The van der Waals surface area contributed by atoms with E-state index in [4.69, 9.17) is 4.74 Å². The third kappa shape index (κ3) is 11.6. The summed E-state index contributed by atoms with van der Waals surface area (Å²) in [6.07, 6.45) is 11.6. The molecule has 0 spiro atoms. The molecule has 23 heavy (non-hydrogen) atoms. The number of ether oxygens (including phenoxy) is 1. The summed E-state index contributed by atoms with van der Waals surface area (Å²) in [7, 11) is 0. The van der Waals surface area contributed by atoms with E-state index in [0.717, 1.165) is 19.4 Å². The maximum Gasteiger partial charge on any atom is 0.225 e. The molecule has 0 saturated heterocycles. The number of amides is 1. The Morgan fingerprint density at radius 3 is 1.96 bits per heavy atom. The van der Waals surface area contributed by atoms with Crippen molar-refractivity contribution in [2.45, 2.75) is 111 Å². The van der Waals surface area contributed by atoms with Crippen LogP contribution in [0, 0.1) is 5.41 Å². The smallest absolute Gasteiger partial charge is 0.225 e. The van der Waals surface area contributed by atoms with Crippen molar-refractivity contribution in [1.82, 2.24) is 5.32 Å². The second-order valence-corrected chi connectivity index (χ2v) is 7.80. The molecule has 0 rings (SSSR count). The van der Waals surface area contributed by atoms with Crippen LogP contribution in [0.1, 0.15) is 99.3 Å². The van der Waals surface area contributed by atoms with Crippen molar-refractivity contribution < 1.29 is 9.53 Å². The van der Waals surface area contributed by atoms with Crippen molar-refractivity contribution in [3.8, 4) is 0 Å². The molecule has 1 amide bonds. The zero-order valence-electron chi connectivity index (χ0n) is 16.5. The summed E-state index contributed by atoms with van der Waals surface area (Å²) in [6, 6.07) is 0.0702. The van der Waals surface area contributed by atoms with Crippen molar-refractivity contribution in [1.29, 1.82) is 0 Å². The van der Waals surface area contributed by atoms with Crippen molar-refractivity contribution in [3.63, 3.8) is 0 Å². The van der Waals surface area contributed by atoms with Crippen molar-refractivity contribution in [2.75, 3.05) is 6.61 Å². The predicted octanol–water partition coefficient (Wildman–Crippen LogP) is 5.47. The number of carbonyl (C=O) groups is 1. The van der Waals surface area contributed by atoms with Gasteiger partial charge < -0.3 is 10.1 Å². The van der Waals surface area contributed by atoms with Crippen LogP contribution in [-0.4, -0.2) is 24.7 Å². The molecular weight excluding hydrogens is 286 g/mol. The number of hydrogen-bond acceptors (Lipinski definition) is 2. The SMILES string of the molecule is CCCCCCCCCCOC(CC)C(C)NC(=O)C(C)(C)C. The van der Waals surface area contributed by atoms with E-state index in [1.165, 1.54) is 44.9 Å². The average molecular weight is 328 g/mol. The highest BCUT2D eigenvalue weighted by atomic mass is 16.5. The lowest BCUT2D eigenvalue weighted by Crippen LogP contribution is -2.46. The molecule has 2 atom stereocenters. The molecule has 0 bridgehead atoms. The third-order valence-electron chi connectivity index (χ3n) is 4.33. The van der Waals surface area contributed by atoms with Gasteiger partial charge in [0.05, 0.1) is 12.1 Å². The summed E-state index contributed by atoms with van der Waals surface area (Å²) >= 11 is 0. The summed E-state index contributed by atoms with van der Waals surface area (Å²) in [5.41, 5.74) is -0.343. The minimum absolute atomic E-state index is 0.0702. The molecule has 0 aliphatic rings. The molecule has 0 radical (unpaired) electrons. The minimum atomic E-state index is -0.343. The molecule has 0 aliphatic heterocycles. The van der Waals surface area contributed by atoms with Crippen LogP contribution >= 0.6 is 0 Å². The number of nitrogens with one attached hydrogen (secondary N) is 1. The first-order chi connectivity index (χ1) is 10.8. The lowest BCUT2D eigenvalue weighted by atomic mass is 9.95. The Hall–Kier alpha value is -0.570. The summed E-state index contributed by atoms with van der Waals surface area (Å²) in [4.78, 5) is 12.1. The van der Waals surface area contributed by atoms with E-state index < -0.39 is 0 Å². The first-order valence-corrected chi connectivity index (χ1v) is 9.75. The van der Waals surface area contributed by atoms with E-state index in [2.05, 4.69) is 19.2 Å². The van der Waals surface area contributed by atoms with Crippen molar-refractivity contribution in [3.05, 3.63) is 0 Å². The third-order valence-corrected chi connectivity index (χ3v) is 4.33. The first-order valence-electron chi connectivity index (χ1n) is 9.75. The maximum absolute atomic E-state index is 12.1. The molecular formula is C20H41NO2. The van der Waals surface area contributed by atoms with Crippen molar-refractivity contribution >= 4 is 5.91 Å². The molecule has 1 N–H and O–H groups in total. The number of rotatable bonds is 13. The number of carbonyl (C=O) groups excluding carboxylic acids is 1. The lowest BCUT2D eigenvalue weighted by Gasteiger charge is -2.27. The Morgan fingerprint density at radius 1 is 0.957 bits per heavy atom. The van der Waals surface area contributed by atoms with Gasteiger partial charge in [-0.1, -0.05) is 79.6 Å². The van der Waals surface area contributed by atoms with Gasteiger partial charge in [-0.05, 0) is 19.8 Å². The van der Waals surface area contributed by atoms with Gasteiger partial charge in [0.25, 0.3) is 0 Å².